The van der Waals surface area contributed by atoms with Crippen molar-refractivity contribution in [2.75, 3.05) is 7.11 Å². The Morgan fingerprint density at radius 3 is 2.25 bits per heavy atom. The number of carboxylic acids is 1. The summed E-state index contributed by atoms with van der Waals surface area (Å²) in [6, 6.07) is -2.22. The second-order valence-electron chi connectivity index (χ2n) is 4.67. The van der Waals surface area contributed by atoms with Crippen LogP contribution in [0, 0.1) is 0 Å². The number of nitrogens with one attached hydrogen (secondary N) is 2. The second kappa shape index (κ2) is 9.30. The molecule has 1 amide bonds. The molecular weight excluding hydrogens is 264 g/mol. The highest BCUT2D eigenvalue weighted by molar-refractivity contribution is 5.87. The molecule has 7 nitrogen and oxygen atoms in total. The summed E-state index contributed by atoms with van der Waals surface area (Å²) in [5.41, 5.74) is 0. The van der Waals surface area contributed by atoms with Crippen molar-refractivity contribution in [1.29, 1.82) is 0 Å². The monoisotopic (exact) mass is 288 g/mol. The minimum Gasteiger partial charge on any atom is -0.480 e. The molecule has 0 spiro atoms. The van der Waals surface area contributed by atoms with E-state index in [1.165, 1.54) is 14.0 Å². The molecule has 3 atom stereocenters. The molecule has 20 heavy (non-hydrogen) atoms. The van der Waals surface area contributed by atoms with Gasteiger partial charge in [0.15, 0.2) is 0 Å². The number of esters is 1. The molecule has 0 aliphatic carbocycles. The zero-order valence-electron chi connectivity index (χ0n) is 12.4. The van der Waals surface area contributed by atoms with Crippen molar-refractivity contribution in [3.05, 3.63) is 0 Å². The molecule has 0 heterocycles. The van der Waals surface area contributed by atoms with E-state index in [1.807, 2.05) is 6.92 Å². The molecule has 0 aliphatic heterocycles. The van der Waals surface area contributed by atoms with Crippen LogP contribution in [0.15, 0.2) is 0 Å². The number of unbranched alkanes of at least 4 members (excludes halogenated alkanes) is 1. The Balaban J connectivity index is 4.65. The third kappa shape index (κ3) is 6.51. The van der Waals surface area contributed by atoms with Crippen molar-refractivity contribution in [1.82, 2.24) is 10.6 Å². The van der Waals surface area contributed by atoms with Gasteiger partial charge in [-0.05, 0) is 20.3 Å². The van der Waals surface area contributed by atoms with Crippen molar-refractivity contribution in [2.45, 2.75) is 58.2 Å². The fraction of sp³-hybridized carbons (Fsp3) is 0.769. The number of ether oxygens (including phenoxy) is 1. The molecule has 0 aliphatic rings. The van der Waals surface area contributed by atoms with Gasteiger partial charge in [-0.25, -0.2) is 0 Å². The van der Waals surface area contributed by atoms with Gasteiger partial charge < -0.3 is 15.2 Å². The van der Waals surface area contributed by atoms with E-state index in [2.05, 4.69) is 15.4 Å². The number of aliphatic carboxylic acids is 1. The van der Waals surface area contributed by atoms with Crippen LogP contribution in [0.3, 0.4) is 0 Å². The molecule has 7 heteroatoms. The Labute approximate surface area is 119 Å². The van der Waals surface area contributed by atoms with Gasteiger partial charge in [-0.15, -0.1) is 0 Å². The lowest BCUT2D eigenvalue weighted by molar-refractivity contribution is -0.144. The summed E-state index contributed by atoms with van der Waals surface area (Å²) in [5, 5.41) is 14.1. The van der Waals surface area contributed by atoms with Gasteiger partial charge in [0.25, 0.3) is 0 Å². The van der Waals surface area contributed by atoms with E-state index >= 15 is 0 Å². The van der Waals surface area contributed by atoms with Crippen molar-refractivity contribution < 1.29 is 24.2 Å². The summed E-state index contributed by atoms with van der Waals surface area (Å²) in [6.07, 6.45) is 2.21. The Hall–Kier alpha value is -1.63. The molecule has 0 aromatic heterocycles. The van der Waals surface area contributed by atoms with Gasteiger partial charge >= 0.3 is 11.9 Å². The lowest BCUT2D eigenvalue weighted by Crippen LogP contribution is -2.52. The van der Waals surface area contributed by atoms with Crippen molar-refractivity contribution in [2.24, 2.45) is 0 Å². The predicted molar refractivity (Wildman–Crippen MR) is 73.2 cm³/mol. The highest BCUT2D eigenvalue weighted by atomic mass is 16.5. The second-order valence-corrected chi connectivity index (χ2v) is 4.67. The molecular formula is C13H24N2O5. The van der Waals surface area contributed by atoms with Gasteiger partial charge in [-0.3, -0.25) is 19.7 Å². The average Bonchev–Trinajstić information content (AvgIpc) is 2.41. The molecule has 3 N–H and O–H groups in total. The summed E-state index contributed by atoms with van der Waals surface area (Å²) in [6.45, 7) is 4.97. The SMILES string of the molecule is CCCC[C@H](N[C@H](C)C(=O)OC)C(=O)N[C@@H](C)C(=O)O. The lowest BCUT2D eigenvalue weighted by atomic mass is 10.1. The zero-order valence-corrected chi connectivity index (χ0v) is 12.4. The number of hydrogen-bond donors (Lipinski definition) is 3. The summed E-state index contributed by atoms with van der Waals surface area (Å²) in [7, 11) is 1.27. The minimum atomic E-state index is -1.10. The Kier molecular flexibility index (Phi) is 8.54. The Morgan fingerprint density at radius 2 is 1.80 bits per heavy atom. The van der Waals surface area contributed by atoms with Gasteiger partial charge in [0.1, 0.15) is 12.1 Å². The number of carbonyl (C=O) groups is 3. The van der Waals surface area contributed by atoms with Crippen LogP contribution in [0.2, 0.25) is 0 Å². The molecule has 0 bridgehead atoms. The first kappa shape index (κ1) is 18.4. The van der Waals surface area contributed by atoms with Crippen LogP contribution in [-0.4, -0.2) is 48.2 Å². The molecule has 0 radical (unpaired) electrons. The van der Waals surface area contributed by atoms with Crippen molar-refractivity contribution in [3.8, 4) is 0 Å². The molecule has 0 fully saturated rings. The Bertz CT molecular complexity index is 346. The van der Waals surface area contributed by atoms with Gasteiger partial charge in [-0.1, -0.05) is 19.8 Å². The maximum Gasteiger partial charge on any atom is 0.325 e. The van der Waals surface area contributed by atoms with E-state index < -0.39 is 36.0 Å². The average molecular weight is 288 g/mol. The van der Waals surface area contributed by atoms with Crippen LogP contribution >= 0.6 is 0 Å². The predicted octanol–water partition coefficient (Wildman–Crippen LogP) is 0.286. The van der Waals surface area contributed by atoms with Crippen molar-refractivity contribution in [3.63, 3.8) is 0 Å². The van der Waals surface area contributed by atoms with E-state index in [0.29, 0.717) is 6.42 Å². The Morgan fingerprint density at radius 1 is 1.20 bits per heavy atom. The van der Waals surface area contributed by atoms with Crippen LogP contribution in [0.5, 0.6) is 0 Å². The first-order chi connectivity index (χ1) is 9.33. The van der Waals surface area contributed by atoms with Crippen molar-refractivity contribution >= 4 is 17.8 Å². The summed E-state index contributed by atoms with van der Waals surface area (Å²) in [5.74, 6) is -2.00. The molecule has 0 saturated heterocycles. The van der Waals surface area contributed by atoms with Gasteiger partial charge in [0.05, 0.1) is 13.2 Å². The standard InChI is InChI=1S/C13H24N2O5/c1-5-6-7-10(14-9(3)13(19)20-4)11(16)15-8(2)12(17)18/h8-10,14H,5-7H2,1-4H3,(H,15,16)(H,17,18)/t8-,9+,10-/m0/s1. The van der Waals surface area contributed by atoms with Gasteiger partial charge in [0, 0.05) is 0 Å². The molecule has 116 valence electrons. The lowest BCUT2D eigenvalue weighted by Gasteiger charge is -2.22. The van der Waals surface area contributed by atoms with Gasteiger partial charge in [0.2, 0.25) is 5.91 Å². The molecule has 0 unspecified atom stereocenters. The maximum absolute atomic E-state index is 12.0. The zero-order chi connectivity index (χ0) is 15.7. The van der Waals surface area contributed by atoms with Crippen LogP contribution in [-0.2, 0) is 19.1 Å². The normalized spacial score (nSPS) is 15.0. The van der Waals surface area contributed by atoms with E-state index in [-0.39, 0.29) is 0 Å². The quantitative estimate of drug-likeness (QED) is 0.527. The minimum absolute atomic E-state index is 0.427. The summed E-state index contributed by atoms with van der Waals surface area (Å²) >= 11 is 0. The molecule has 0 rings (SSSR count). The first-order valence-corrected chi connectivity index (χ1v) is 6.70. The number of methoxy groups -OCH3 is 1. The molecule has 0 saturated carbocycles. The molecule has 0 aromatic rings. The number of carbonyl (C=O) groups excluding carboxylic acids is 2. The first-order valence-electron chi connectivity index (χ1n) is 6.70. The topological polar surface area (TPSA) is 105 Å². The summed E-state index contributed by atoms with van der Waals surface area (Å²) < 4.78 is 4.59. The van der Waals surface area contributed by atoms with E-state index in [1.54, 1.807) is 6.92 Å². The molecule has 0 aromatic carbocycles. The van der Waals surface area contributed by atoms with E-state index in [9.17, 15) is 14.4 Å². The third-order valence-electron chi connectivity index (χ3n) is 2.90. The number of amides is 1. The van der Waals surface area contributed by atoms with Crippen LogP contribution < -0.4 is 10.6 Å². The summed E-state index contributed by atoms with van der Waals surface area (Å²) in [4.78, 5) is 34.1. The third-order valence-corrected chi connectivity index (χ3v) is 2.90. The largest absolute Gasteiger partial charge is 0.480 e. The van der Waals surface area contributed by atoms with E-state index in [4.69, 9.17) is 5.11 Å². The number of hydrogen-bond acceptors (Lipinski definition) is 5. The smallest absolute Gasteiger partial charge is 0.325 e. The fourth-order valence-electron chi connectivity index (χ4n) is 1.62. The maximum atomic E-state index is 12.0. The van der Waals surface area contributed by atoms with Crippen LogP contribution in [0.4, 0.5) is 0 Å². The van der Waals surface area contributed by atoms with E-state index in [0.717, 1.165) is 12.8 Å². The number of rotatable bonds is 9. The fourth-order valence-corrected chi connectivity index (χ4v) is 1.62. The van der Waals surface area contributed by atoms with Gasteiger partial charge in [-0.2, -0.15) is 0 Å². The van der Waals surface area contributed by atoms with Crippen LogP contribution in [0.1, 0.15) is 40.0 Å². The highest BCUT2D eigenvalue weighted by Crippen LogP contribution is 2.03. The highest BCUT2D eigenvalue weighted by Gasteiger charge is 2.25. The van der Waals surface area contributed by atoms with Crippen LogP contribution in [0.25, 0.3) is 0 Å². The number of carboxylic acid groups (broad SMARTS) is 1.